The topological polar surface area (TPSA) is 47.3 Å². The van der Waals surface area contributed by atoms with Crippen LogP contribution in [0.4, 0.5) is 0 Å². The average Bonchev–Trinajstić information content (AvgIpc) is 2.46. The van der Waals surface area contributed by atoms with Crippen LogP contribution in [-0.4, -0.2) is 48.9 Å². The molecule has 4 heteroatoms. The highest BCUT2D eigenvalue weighted by atomic mass is 16.2. The largest absolute Gasteiger partial charge is 0.339 e. The van der Waals surface area contributed by atoms with Gasteiger partial charge in [-0.15, -0.1) is 0 Å². The van der Waals surface area contributed by atoms with E-state index in [2.05, 4.69) is 18.0 Å². The fourth-order valence-electron chi connectivity index (χ4n) is 2.44. The van der Waals surface area contributed by atoms with Gasteiger partial charge in [0.1, 0.15) is 0 Å². The second kappa shape index (κ2) is 5.85. The van der Waals surface area contributed by atoms with Crippen molar-refractivity contribution in [3.05, 3.63) is 35.4 Å². The summed E-state index contributed by atoms with van der Waals surface area (Å²) in [5.41, 5.74) is 1.24. The Morgan fingerprint density at radius 2 is 1.89 bits per heavy atom. The molecular weight excluding hydrogens is 238 g/mol. The highest BCUT2D eigenvalue weighted by Crippen LogP contribution is 2.16. The minimum atomic E-state index is 0.0408. The first kappa shape index (κ1) is 13.6. The van der Waals surface area contributed by atoms with Crippen LogP contribution < -0.4 is 0 Å². The smallest absolute Gasteiger partial charge is 0.253 e. The predicted octanol–water partition coefficient (Wildman–Crippen LogP) is 1.72. The zero-order valence-electron chi connectivity index (χ0n) is 11.5. The van der Waals surface area contributed by atoms with Crippen LogP contribution in [0.1, 0.15) is 28.8 Å². The van der Waals surface area contributed by atoms with Gasteiger partial charge in [0.15, 0.2) is 0 Å². The zero-order valence-corrected chi connectivity index (χ0v) is 11.5. The number of hydrogen-bond acceptors (Lipinski definition) is 3. The molecule has 0 aromatic heterocycles. The van der Waals surface area contributed by atoms with Crippen molar-refractivity contribution in [3.8, 4) is 6.07 Å². The number of nitrogens with zero attached hydrogens (tertiary/aromatic N) is 3. The van der Waals surface area contributed by atoms with Gasteiger partial charge < -0.3 is 9.80 Å². The standard InChI is InChI=1S/C15H19N3O/c1-17-9-7-14(8-10-17)18(2)15(19)13-5-3-12(11-16)4-6-13/h3-6,14H,7-10H2,1-2H3. The third kappa shape index (κ3) is 3.12. The normalized spacial score (nSPS) is 16.9. The molecule has 0 aliphatic carbocycles. The van der Waals surface area contributed by atoms with E-state index in [0.717, 1.165) is 25.9 Å². The SMILES string of the molecule is CN1CCC(N(C)C(=O)c2ccc(C#N)cc2)CC1. The second-order valence-electron chi connectivity index (χ2n) is 5.14. The van der Waals surface area contributed by atoms with Crippen LogP contribution in [0.5, 0.6) is 0 Å². The summed E-state index contributed by atoms with van der Waals surface area (Å²) in [6.07, 6.45) is 2.05. The molecule has 0 unspecified atom stereocenters. The van der Waals surface area contributed by atoms with Crippen molar-refractivity contribution in [2.45, 2.75) is 18.9 Å². The molecule has 4 nitrogen and oxygen atoms in total. The molecule has 0 spiro atoms. The molecule has 0 radical (unpaired) electrons. The lowest BCUT2D eigenvalue weighted by Gasteiger charge is -2.35. The maximum Gasteiger partial charge on any atom is 0.253 e. The first-order chi connectivity index (χ1) is 9.11. The van der Waals surface area contributed by atoms with E-state index < -0.39 is 0 Å². The summed E-state index contributed by atoms with van der Waals surface area (Å²) in [6, 6.07) is 9.22. The Kier molecular flexibility index (Phi) is 4.18. The van der Waals surface area contributed by atoms with Gasteiger partial charge in [-0.05, 0) is 57.2 Å². The fraction of sp³-hybridized carbons (Fsp3) is 0.467. The quantitative estimate of drug-likeness (QED) is 0.810. The zero-order chi connectivity index (χ0) is 13.8. The molecular formula is C15H19N3O. The first-order valence-corrected chi connectivity index (χ1v) is 6.57. The molecule has 1 aliphatic rings. The van der Waals surface area contributed by atoms with Crippen molar-refractivity contribution in [1.29, 1.82) is 5.26 Å². The van der Waals surface area contributed by atoms with Crippen LogP contribution in [-0.2, 0) is 0 Å². The summed E-state index contributed by atoms with van der Waals surface area (Å²) < 4.78 is 0. The first-order valence-electron chi connectivity index (χ1n) is 6.57. The number of hydrogen-bond donors (Lipinski definition) is 0. The van der Waals surface area contributed by atoms with E-state index in [-0.39, 0.29) is 5.91 Å². The summed E-state index contributed by atoms with van der Waals surface area (Å²) in [6.45, 7) is 2.07. The fourth-order valence-corrected chi connectivity index (χ4v) is 2.44. The van der Waals surface area contributed by atoms with Crippen molar-refractivity contribution in [2.75, 3.05) is 27.2 Å². The van der Waals surface area contributed by atoms with Crippen molar-refractivity contribution in [3.63, 3.8) is 0 Å². The maximum atomic E-state index is 12.4. The summed E-state index contributed by atoms with van der Waals surface area (Å²) in [4.78, 5) is 16.5. The third-order valence-electron chi connectivity index (χ3n) is 3.82. The number of carbonyl (C=O) groups is 1. The molecule has 0 atom stereocenters. The number of carbonyl (C=O) groups excluding carboxylic acids is 1. The predicted molar refractivity (Wildman–Crippen MR) is 73.8 cm³/mol. The lowest BCUT2D eigenvalue weighted by Crippen LogP contribution is -2.44. The number of rotatable bonds is 2. The molecule has 1 saturated heterocycles. The third-order valence-corrected chi connectivity index (χ3v) is 3.82. The Morgan fingerprint density at radius 1 is 1.32 bits per heavy atom. The minimum Gasteiger partial charge on any atom is -0.339 e. The Balaban J connectivity index is 2.04. The van der Waals surface area contributed by atoms with Crippen molar-refractivity contribution in [1.82, 2.24) is 9.80 Å². The van der Waals surface area contributed by atoms with Crippen LogP contribution in [0.2, 0.25) is 0 Å². The molecule has 0 N–H and O–H groups in total. The minimum absolute atomic E-state index is 0.0408. The van der Waals surface area contributed by atoms with Crippen LogP contribution in [0, 0.1) is 11.3 Å². The van der Waals surface area contributed by atoms with Gasteiger partial charge in [-0.2, -0.15) is 5.26 Å². The number of likely N-dealkylation sites (tertiary alicyclic amines) is 1. The van der Waals surface area contributed by atoms with Crippen molar-refractivity contribution in [2.24, 2.45) is 0 Å². The Hall–Kier alpha value is -1.86. The van der Waals surface area contributed by atoms with Crippen LogP contribution in [0.15, 0.2) is 24.3 Å². The van der Waals surface area contributed by atoms with E-state index in [1.807, 2.05) is 11.9 Å². The second-order valence-corrected chi connectivity index (χ2v) is 5.14. The summed E-state index contributed by atoms with van der Waals surface area (Å²) in [5.74, 6) is 0.0408. The molecule has 0 bridgehead atoms. The Bertz CT molecular complexity index is 481. The lowest BCUT2D eigenvalue weighted by atomic mass is 10.0. The van der Waals surface area contributed by atoms with E-state index in [4.69, 9.17) is 5.26 Å². The van der Waals surface area contributed by atoms with Crippen LogP contribution in [0.25, 0.3) is 0 Å². The maximum absolute atomic E-state index is 12.4. The molecule has 0 saturated carbocycles. The molecule has 1 fully saturated rings. The van der Waals surface area contributed by atoms with Gasteiger partial charge in [-0.1, -0.05) is 0 Å². The van der Waals surface area contributed by atoms with Crippen molar-refractivity contribution >= 4 is 5.91 Å². The number of piperidine rings is 1. The van der Waals surface area contributed by atoms with E-state index in [9.17, 15) is 4.79 Å². The summed E-state index contributed by atoms with van der Waals surface area (Å²) >= 11 is 0. The van der Waals surface area contributed by atoms with Gasteiger partial charge in [-0.25, -0.2) is 0 Å². The van der Waals surface area contributed by atoms with E-state index >= 15 is 0 Å². The lowest BCUT2D eigenvalue weighted by molar-refractivity contribution is 0.0659. The Morgan fingerprint density at radius 3 is 2.42 bits per heavy atom. The van der Waals surface area contributed by atoms with E-state index in [1.165, 1.54) is 0 Å². The Labute approximate surface area is 114 Å². The van der Waals surface area contributed by atoms with E-state index in [0.29, 0.717) is 17.2 Å². The highest BCUT2D eigenvalue weighted by molar-refractivity contribution is 5.94. The molecule has 1 aromatic rings. The molecule has 1 amide bonds. The summed E-state index contributed by atoms with van der Waals surface area (Å²) in [7, 11) is 3.98. The van der Waals surface area contributed by atoms with Gasteiger partial charge in [0.25, 0.3) is 5.91 Å². The molecule has 100 valence electrons. The number of amides is 1. The highest BCUT2D eigenvalue weighted by Gasteiger charge is 2.24. The molecule has 1 heterocycles. The van der Waals surface area contributed by atoms with Crippen LogP contribution >= 0.6 is 0 Å². The number of benzene rings is 1. The van der Waals surface area contributed by atoms with Crippen molar-refractivity contribution < 1.29 is 4.79 Å². The van der Waals surface area contributed by atoms with Gasteiger partial charge in [-0.3, -0.25) is 4.79 Å². The molecule has 19 heavy (non-hydrogen) atoms. The van der Waals surface area contributed by atoms with Gasteiger partial charge >= 0.3 is 0 Å². The molecule has 2 rings (SSSR count). The van der Waals surface area contributed by atoms with Gasteiger partial charge in [0.2, 0.25) is 0 Å². The monoisotopic (exact) mass is 257 g/mol. The average molecular weight is 257 g/mol. The van der Waals surface area contributed by atoms with Crippen LogP contribution in [0.3, 0.4) is 0 Å². The van der Waals surface area contributed by atoms with Gasteiger partial charge in [0, 0.05) is 18.7 Å². The molecule has 1 aliphatic heterocycles. The van der Waals surface area contributed by atoms with Gasteiger partial charge in [0.05, 0.1) is 11.6 Å². The molecule has 1 aromatic carbocycles. The van der Waals surface area contributed by atoms with E-state index in [1.54, 1.807) is 24.3 Å². The summed E-state index contributed by atoms with van der Waals surface area (Å²) in [5, 5.41) is 8.75. The number of nitriles is 1.